The number of benzene rings is 2. The average molecular weight is 524 g/mol. The van der Waals surface area contributed by atoms with Crippen LogP contribution < -0.4 is 15.5 Å². The van der Waals surface area contributed by atoms with Crippen molar-refractivity contribution in [2.45, 2.75) is 37.8 Å². The minimum absolute atomic E-state index is 0. The summed E-state index contributed by atoms with van der Waals surface area (Å²) in [6.45, 7) is 4.34. The van der Waals surface area contributed by atoms with E-state index in [1.807, 2.05) is 17.0 Å². The minimum Gasteiger partial charge on any atom is -0.352 e. The number of amides is 1. The largest absolute Gasteiger partial charge is 0.352 e. The molecule has 156 valence electrons. The van der Waals surface area contributed by atoms with Crippen LogP contribution in [0.1, 0.15) is 29.5 Å². The Morgan fingerprint density at radius 1 is 1.14 bits per heavy atom. The van der Waals surface area contributed by atoms with Crippen LogP contribution in [0.4, 0.5) is 5.69 Å². The molecule has 0 aromatic heterocycles. The molecule has 1 aliphatic rings. The highest BCUT2D eigenvalue weighted by atomic mass is 127. The number of guanidine groups is 1. The summed E-state index contributed by atoms with van der Waals surface area (Å²) in [5.41, 5.74) is 4.67. The molecule has 2 aromatic rings. The van der Waals surface area contributed by atoms with Crippen molar-refractivity contribution in [2.75, 3.05) is 24.7 Å². The van der Waals surface area contributed by atoms with Crippen molar-refractivity contribution in [3.05, 3.63) is 59.2 Å². The van der Waals surface area contributed by atoms with Crippen LogP contribution in [0.15, 0.2) is 52.4 Å². The molecule has 1 saturated heterocycles. The van der Waals surface area contributed by atoms with Crippen molar-refractivity contribution in [1.29, 1.82) is 0 Å². The summed E-state index contributed by atoms with van der Waals surface area (Å²) in [7, 11) is 1.78. The monoisotopic (exact) mass is 524 g/mol. The summed E-state index contributed by atoms with van der Waals surface area (Å²) in [6, 6.07) is 14.7. The van der Waals surface area contributed by atoms with Gasteiger partial charge < -0.3 is 15.5 Å². The van der Waals surface area contributed by atoms with Crippen molar-refractivity contribution < 1.29 is 4.79 Å². The highest BCUT2D eigenvalue weighted by Crippen LogP contribution is 2.22. The molecule has 1 fully saturated rings. The molecule has 0 saturated carbocycles. The first-order valence-corrected chi connectivity index (χ1v) is 10.8. The Morgan fingerprint density at radius 3 is 2.48 bits per heavy atom. The number of anilines is 1. The number of rotatable bonds is 6. The van der Waals surface area contributed by atoms with Crippen molar-refractivity contribution >= 4 is 53.3 Å². The molecule has 1 aliphatic heterocycles. The maximum absolute atomic E-state index is 11.9. The summed E-state index contributed by atoms with van der Waals surface area (Å²) < 4.78 is 0. The first-order valence-electron chi connectivity index (χ1n) is 9.58. The number of hydrogen-bond acceptors (Lipinski definition) is 3. The van der Waals surface area contributed by atoms with Gasteiger partial charge in [-0.15, -0.1) is 35.7 Å². The molecule has 3 rings (SSSR count). The number of carbonyl (C=O) groups is 1. The third-order valence-electron chi connectivity index (χ3n) is 4.89. The van der Waals surface area contributed by atoms with E-state index in [-0.39, 0.29) is 29.9 Å². The van der Waals surface area contributed by atoms with Crippen LogP contribution in [0.5, 0.6) is 0 Å². The predicted octanol–water partition coefficient (Wildman–Crippen LogP) is 4.33. The van der Waals surface area contributed by atoms with Gasteiger partial charge in [0.15, 0.2) is 5.96 Å². The molecule has 0 radical (unpaired) electrons. The molecule has 1 heterocycles. The zero-order chi connectivity index (χ0) is 19.9. The zero-order valence-electron chi connectivity index (χ0n) is 17.2. The van der Waals surface area contributed by atoms with E-state index in [9.17, 15) is 4.79 Å². The van der Waals surface area contributed by atoms with Crippen LogP contribution in [0, 0.1) is 6.92 Å². The Balaban J connectivity index is 0.00000300. The van der Waals surface area contributed by atoms with Gasteiger partial charge in [0.1, 0.15) is 0 Å². The quantitative estimate of drug-likeness (QED) is 0.256. The lowest BCUT2D eigenvalue weighted by molar-refractivity contribution is -0.117. The lowest BCUT2D eigenvalue weighted by Crippen LogP contribution is -2.36. The number of nitrogens with zero attached hydrogens (tertiary/aromatic N) is 2. The molecule has 2 aromatic carbocycles. The fourth-order valence-electron chi connectivity index (χ4n) is 3.30. The molecule has 0 spiro atoms. The number of aryl methyl sites for hydroxylation is 1. The Kier molecular flexibility index (Phi) is 9.29. The first-order chi connectivity index (χ1) is 13.6. The van der Waals surface area contributed by atoms with Crippen molar-refractivity contribution in [3.63, 3.8) is 0 Å². The smallest absolute Gasteiger partial charge is 0.227 e. The summed E-state index contributed by atoms with van der Waals surface area (Å²) >= 11 is 1.76. The molecular formula is C22H29IN4OS. The minimum atomic E-state index is 0. The summed E-state index contributed by atoms with van der Waals surface area (Å²) in [4.78, 5) is 19.3. The van der Waals surface area contributed by atoms with Gasteiger partial charge in [0, 0.05) is 43.7 Å². The molecule has 0 atom stereocenters. The van der Waals surface area contributed by atoms with Crippen LogP contribution in [0.2, 0.25) is 0 Å². The van der Waals surface area contributed by atoms with E-state index in [2.05, 4.69) is 59.1 Å². The normalized spacial score (nSPS) is 14.0. The van der Waals surface area contributed by atoms with E-state index in [1.54, 1.807) is 18.8 Å². The van der Waals surface area contributed by atoms with Crippen molar-refractivity contribution in [3.8, 4) is 0 Å². The fraction of sp³-hybridized carbons (Fsp3) is 0.364. The van der Waals surface area contributed by atoms with Gasteiger partial charge in [-0.25, -0.2) is 0 Å². The standard InChI is InChI=1S/C22H28N4OS.HI/c1-16-6-9-18(20(13-16)28-3)15-25-22(23-2)24-14-17-7-10-19(11-8-17)26-12-4-5-21(26)27;/h6-11,13H,4-5,12,14-15H2,1-3H3,(H2,23,24,25);1H. The molecule has 2 N–H and O–H groups in total. The molecule has 7 heteroatoms. The predicted molar refractivity (Wildman–Crippen MR) is 133 cm³/mol. The molecule has 29 heavy (non-hydrogen) atoms. The zero-order valence-corrected chi connectivity index (χ0v) is 20.3. The third-order valence-corrected chi connectivity index (χ3v) is 5.71. The lowest BCUT2D eigenvalue weighted by atomic mass is 10.1. The van der Waals surface area contributed by atoms with Gasteiger partial charge >= 0.3 is 0 Å². The summed E-state index contributed by atoms with van der Waals surface area (Å²) in [5.74, 6) is 0.989. The summed E-state index contributed by atoms with van der Waals surface area (Å²) in [5, 5.41) is 6.74. The van der Waals surface area contributed by atoms with Crippen LogP contribution in [-0.4, -0.2) is 31.7 Å². The Hall–Kier alpha value is -1.74. The number of hydrogen-bond donors (Lipinski definition) is 2. The Morgan fingerprint density at radius 2 is 1.86 bits per heavy atom. The van der Waals surface area contributed by atoms with Crippen LogP contribution in [0.3, 0.4) is 0 Å². The van der Waals surface area contributed by atoms with E-state index < -0.39 is 0 Å². The molecule has 5 nitrogen and oxygen atoms in total. The topological polar surface area (TPSA) is 56.7 Å². The van der Waals surface area contributed by atoms with Gasteiger partial charge in [-0.1, -0.05) is 24.3 Å². The van der Waals surface area contributed by atoms with Crippen LogP contribution in [-0.2, 0) is 17.9 Å². The number of halogens is 1. The first kappa shape index (κ1) is 23.5. The molecule has 1 amide bonds. The number of nitrogens with one attached hydrogen (secondary N) is 2. The highest BCUT2D eigenvalue weighted by molar-refractivity contribution is 14.0. The highest BCUT2D eigenvalue weighted by Gasteiger charge is 2.21. The van der Waals surface area contributed by atoms with Gasteiger partial charge in [0.25, 0.3) is 0 Å². The van der Waals surface area contributed by atoms with Crippen molar-refractivity contribution in [1.82, 2.24) is 10.6 Å². The maximum atomic E-state index is 11.9. The molecule has 0 bridgehead atoms. The number of aliphatic imine (C=N–C) groups is 1. The Labute approximate surface area is 194 Å². The third kappa shape index (κ3) is 6.37. The maximum Gasteiger partial charge on any atom is 0.227 e. The molecule has 0 aliphatic carbocycles. The molecule has 0 unspecified atom stereocenters. The van der Waals surface area contributed by atoms with E-state index in [0.717, 1.165) is 36.7 Å². The van der Waals surface area contributed by atoms with Crippen molar-refractivity contribution in [2.24, 2.45) is 4.99 Å². The van der Waals surface area contributed by atoms with Gasteiger partial charge in [0.2, 0.25) is 5.91 Å². The SMILES string of the molecule is CN=C(NCc1ccc(N2CCCC2=O)cc1)NCc1ccc(C)cc1SC.I. The average Bonchev–Trinajstić information content (AvgIpc) is 3.15. The van der Waals surface area contributed by atoms with E-state index >= 15 is 0 Å². The van der Waals surface area contributed by atoms with E-state index in [0.29, 0.717) is 13.0 Å². The molecular weight excluding hydrogens is 495 g/mol. The van der Waals surface area contributed by atoms with Crippen LogP contribution >= 0.6 is 35.7 Å². The van der Waals surface area contributed by atoms with Gasteiger partial charge in [-0.05, 0) is 54.5 Å². The van der Waals surface area contributed by atoms with E-state index in [4.69, 9.17) is 0 Å². The van der Waals surface area contributed by atoms with Gasteiger partial charge in [-0.3, -0.25) is 9.79 Å². The second kappa shape index (κ2) is 11.4. The second-order valence-corrected chi connectivity index (χ2v) is 7.76. The second-order valence-electron chi connectivity index (χ2n) is 6.91. The van der Waals surface area contributed by atoms with Gasteiger partial charge in [0.05, 0.1) is 0 Å². The van der Waals surface area contributed by atoms with Crippen LogP contribution in [0.25, 0.3) is 0 Å². The summed E-state index contributed by atoms with van der Waals surface area (Å²) in [6.07, 6.45) is 3.71. The Bertz CT molecular complexity index is 854. The number of carbonyl (C=O) groups excluding carboxylic acids is 1. The van der Waals surface area contributed by atoms with Gasteiger partial charge in [-0.2, -0.15) is 0 Å². The number of thioether (sulfide) groups is 1. The lowest BCUT2D eigenvalue weighted by Gasteiger charge is -2.17. The fourth-order valence-corrected chi connectivity index (χ4v) is 4.00. The van der Waals surface area contributed by atoms with E-state index in [1.165, 1.54) is 16.0 Å².